The third-order valence-corrected chi connectivity index (χ3v) is 5.37. The molecule has 0 radical (unpaired) electrons. The number of hydrogen-bond donors (Lipinski definition) is 1. The molecule has 0 fully saturated rings. The summed E-state index contributed by atoms with van der Waals surface area (Å²) in [4.78, 5) is 0.268. The van der Waals surface area contributed by atoms with E-state index in [1.165, 1.54) is 0 Å². The molecule has 0 aromatic heterocycles. The lowest BCUT2D eigenvalue weighted by Crippen LogP contribution is -2.27. The molecule has 0 aliphatic carbocycles. The van der Waals surface area contributed by atoms with E-state index in [1.807, 2.05) is 38.1 Å². The van der Waals surface area contributed by atoms with Gasteiger partial charge in [0, 0.05) is 11.1 Å². The smallest absolute Gasteiger partial charge is 0.207 e. The lowest BCUT2D eigenvalue weighted by molar-refractivity contribution is 0.567. The molecule has 0 spiro atoms. The van der Waals surface area contributed by atoms with E-state index < -0.39 is 16.1 Å². The molecule has 2 aromatic rings. The maximum absolute atomic E-state index is 12.4. The highest BCUT2D eigenvalue weighted by Gasteiger charge is 2.20. The molecule has 112 valence electrons. The van der Waals surface area contributed by atoms with E-state index in [4.69, 9.17) is 11.6 Å². The average molecular weight is 324 g/mol. The van der Waals surface area contributed by atoms with Gasteiger partial charge in [0.25, 0.3) is 0 Å². The minimum atomic E-state index is -3.57. The molecule has 0 aliphatic heterocycles. The molecule has 3 nitrogen and oxygen atoms in total. The minimum absolute atomic E-state index is 0.268. The van der Waals surface area contributed by atoms with Crippen molar-refractivity contribution in [3.8, 4) is 0 Å². The van der Waals surface area contributed by atoms with Gasteiger partial charge in [0.2, 0.25) is 10.0 Å². The van der Waals surface area contributed by atoms with Crippen LogP contribution in [0.15, 0.2) is 47.4 Å². The van der Waals surface area contributed by atoms with E-state index in [-0.39, 0.29) is 4.90 Å². The third-order valence-electron chi connectivity index (χ3n) is 3.49. The van der Waals surface area contributed by atoms with Crippen molar-refractivity contribution in [1.82, 2.24) is 4.72 Å². The molecule has 0 saturated heterocycles. The molecule has 0 heterocycles. The van der Waals surface area contributed by atoms with E-state index in [9.17, 15) is 8.42 Å². The van der Waals surface area contributed by atoms with Crippen LogP contribution in [-0.4, -0.2) is 8.42 Å². The predicted octanol–water partition coefficient (Wildman–Crippen LogP) is 4.00. The summed E-state index contributed by atoms with van der Waals surface area (Å²) in [5, 5.41) is 0.549. The van der Waals surface area contributed by atoms with Crippen LogP contribution in [0.3, 0.4) is 0 Å². The molecular weight excluding hydrogens is 306 g/mol. The summed E-state index contributed by atoms with van der Waals surface area (Å²) in [6.45, 7) is 5.62. The summed E-state index contributed by atoms with van der Waals surface area (Å²) in [5.74, 6) is 0. The highest BCUT2D eigenvalue weighted by molar-refractivity contribution is 7.89. The Morgan fingerprint density at radius 3 is 2.33 bits per heavy atom. The fourth-order valence-corrected chi connectivity index (χ4v) is 3.68. The van der Waals surface area contributed by atoms with Crippen LogP contribution in [0, 0.1) is 13.8 Å². The second kappa shape index (κ2) is 6.18. The molecule has 21 heavy (non-hydrogen) atoms. The van der Waals surface area contributed by atoms with E-state index in [0.717, 1.165) is 16.7 Å². The molecule has 0 bridgehead atoms. The summed E-state index contributed by atoms with van der Waals surface area (Å²) in [6.07, 6.45) is 0. The molecular formula is C16H18ClNO2S. The van der Waals surface area contributed by atoms with Crippen molar-refractivity contribution in [3.63, 3.8) is 0 Å². The van der Waals surface area contributed by atoms with Crippen LogP contribution in [0.1, 0.15) is 29.7 Å². The van der Waals surface area contributed by atoms with E-state index in [0.29, 0.717) is 5.02 Å². The number of hydrogen-bond acceptors (Lipinski definition) is 2. The summed E-state index contributed by atoms with van der Waals surface area (Å²) in [5.41, 5.74) is 2.77. The Hall–Kier alpha value is -1.36. The second-order valence-electron chi connectivity index (χ2n) is 5.11. The number of halogens is 1. The molecule has 0 aliphatic rings. The van der Waals surface area contributed by atoms with Gasteiger partial charge in [-0.05, 0) is 55.7 Å². The van der Waals surface area contributed by atoms with E-state index >= 15 is 0 Å². The number of benzene rings is 2. The Morgan fingerprint density at radius 1 is 1.05 bits per heavy atom. The molecule has 2 aromatic carbocycles. The fourth-order valence-electron chi connectivity index (χ4n) is 2.07. The summed E-state index contributed by atoms with van der Waals surface area (Å²) >= 11 is 6.11. The largest absolute Gasteiger partial charge is 0.241 e. The van der Waals surface area contributed by atoms with Crippen LogP contribution >= 0.6 is 11.6 Å². The monoisotopic (exact) mass is 323 g/mol. The number of rotatable bonds is 4. The van der Waals surface area contributed by atoms with Crippen molar-refractivity contribution in [2.75, 3.05) is 0 Å². The van der Waals surface area contributed by atoms with Crippen molar-refractivity contribution < 1.29 is 8.42 Å². The van der Waals surface area contributed by atoms with E-state index in [1.54, 1.807) is 25.1 Å². The summed E-state index contributed by atoms with van der Waals surface area (Å²) in [7, 11) is -3.57. The highest BCUT2D eigenvalue weighted by atomic mass is 35.5. The van der Waals surface area contributed by atoms with Crippen LogP contribution in [0.2, 0.25) is 5.02 Å². The standard InChI is InChI=1S/C16H18ClNO2S/c1-11-8-9-14(10-12(11)2)21(19,20)18-13(3)15-6-4-5-7-16(15)17/h4-10,13,18H,1-3H3/t13-/m0/s1. The maximum Gasteiger partial charge on any atom is 0.241 e. The van der Waals surface area contributed by atoms with Crippen molar-refractivity contribution in [3.05, 3.63) is 64.2 Å². The van der Waals surface area contributed by atoms with Gasteiger partial charge in [-0.2, -0.15) is 0 Å². The van der Waals surface area contributed by atoms with Crippen LogP contribution < -0.4 is 4.72 Å². The van der Waals surface area contributed by atoms with Crippen molar-refractivity contribution in [2.45, 2.75) is 31.7 Å². The van der Waals surface area contributed by atoms with Crippen molar-refractivity contribution >= 4 is 21.6 Å². The van der Waals surface area contributed by atoms with Gasteiger partial charge in [-0.1, -0.05) is 35.9 Å². The first-order valence-electron chi connectivity index (χ1n) is 6.65. The number of sulfonamides is 1. The van der Waals surface area contributed by atoms with Crippen molar-refractivity contribution in [2.24, 2.45) is 0 Å². The minimum Gasteiger partial charge on any atom is -0.207 e. The molecule has 0 unspecified atom stereocenters. The van der Waals surface area contributed by atoms with Gasteiger partial charge < -0.3 is 0 Å². The predicted molar refractivity (Wildman–Crippen MR) is 86.1 cm³/mol. The number of aryl methyl sites for hydroxylation is 2. The summed E-state index contributed by atoms with van der Waals surface area (Å²) in [6, 6.07) is 11.9. The molecule has 5 heteroatoms. The SMILES string of the molecule is Cc1ccc(S(=O)(=O)N[C@@H](C)c2ccccc2Cl)cc1C. The number of nitrogens with one attached hydrogen (secondary N) is 1. The van der Waals surface area contributed by atoms with Gasteiger partial charge in [-0.25, -0.2) is 13.1 Å². The molecule has 0 amide bonds. The zero-order valence-corrected chi connectivity index (χ0v) is 13.8. The third kappa shape index (κ3) is 3.64. The first-order chi connectivity index (χ1) is 9.81. The molecule has 1 atom stereocenters. The van der Waals surface area contributed by atoms with Crippen LogP contribution in [0.5, 0.6) is 0 Å². The first-order valence-corrected chi connectivity index (χ1v) is 8.51. The molecule has 2 rings (SSSR count). The first kappa shape index (κ1) is 16.0. The molecule has 1 N–H and O–H groups in total. The second-order valence-corrected chi connectivity index (χ2v) is 7.23. The van der Waals surface area contributed by atoms with Gasteiger partial charge in [0.15, 0.2) is 0 Å². The van der Waals surface area contributed by atoms with Crippen molar-refractivity contribution in [1.29, 1.82) is 0 Å². The lowest BCUT2D eigenvalue weighted by Gasteiger charge is -2.16. The van der Waals surface area contributed by atoms with Crippen LogP contribution in [-0.2, 0) is 10.0 Å². The Balaban J connectivity index is 2.29. The zero-order chi connectivity index (χ0) is 15.6. The van der Waals surface area contributed by atoms with Crippen LogP contribution in [0.4, 0.5) is 0 Å². The quantitative estimate of drug-likeness (QED) is 0.924. The Morgan fingerprint density at radius 2 is 1.71 bits per heavy atom. The average Bonchev–Trinajstić information content (AvgIpc) is 2.41. The Bertz CT molecular complexity index is 757. The van der Waals surface area contributed by atoms with Gasteiger partial charge in [-0.3, -0.25) is 0 Å². The Labute approximate surface area is 131 Å². The van der Waals surface area contributed by atoms with Gasteiger partial charge in [-0.15, -0.1) is 0 Å². The highest BCUT2D eigenvalue weighted by Crippen LogP contribution is 2.24. The van der Waals surface area contributed by atoms with Gasteiger partial charge in [0.05, 0.1) is 4.90 Å². The lowest BCUT2D eigenvalue weighted by atomic mass is 10.1. The Kier molecular flexibility index (Phi) is 4.71. The van der Waals surface area contributed by atoms with Gasteiger partial charge >= 0.3 is 0 Å². The zero-order valence-electron chi connectivity index (χ0n) is 12.2. The summed E-state index contributed by atoms with van der Waals surface area (Å²) < 4.78 is 27.5. The maximum atomic E-state index is 12.4. The molecule has 0 saturated carbocycles. The normalized spacial score (nSPS) is 13.1. The topological polar surface area (TPSA) is 46.2 Å². The van der Waals surface area contributed by atoms with Crippen LogP contribution in [0.25, 0.3) is 0 Å². The van der Waals surface area contributed by atoms with E-state index in [2.05, 4.69) is 4.72 Å². The fraction of sp³-hybridized carbons (Fsp3) is 0.250. The van der Waals surface area contributed by atoms with Gasteiger partial charge in [0.1, 0.15) is 0 Å².